The van der Waals surface area contributed by atoms with Crippen LogP contribution in [0, 0.1) is 23.4 Å². The minimum Gasteiger partial charge on any atom is -0.383 e. The van der Waals surface area contributed by atoms with Crippen molar-refractivity contribution in [3.05, 3.63) is 71.4 Å². The van der Waals surface area contributed by atoms with E-state index in [4.69, 9.17) is 10.5 Å². The van der Waals surface area contributed by atoms with Crippen LogP contribution in [0.4, 0.5) is 24.5 Å². The van der Waals surface area contributed by atoms with E-state index in [1.54, 1.807) is 12.4 Å². The van der Waals surface area contributed by atoms with Gasteiger partial charge in [0.1, 0.15) is 28.7 Å². The fourth-order valence-electron chi connectivity index (χ4n) is 5.19. The van der Waals surface area contributed by atoms with Gasteiger partial charge in [0, 0.05) is 38.4 Å². The number of hydrogen-bond acceptors (Lipinski definition) is 7. The van der Waals surface area contributed by atoms with Crippen molar-refractivity contribution < 1.29 is 23.0 Å². The highest BCUT2D eigenvalue weighted by molar-refractivity contribution is 5.69. The minimum atomic E-state index is -1.48. The average Bonchev–Trinajstić information content (AvgIpc) is 3.31. The molecule has 4 heterocycles. The molecule has 3 aromatic rings. The van der Waals surface area contributed by atoms with Crippen molar-refractivity contribution in [3.8, 4) is 11.3 Å². The number of halogens is 3. The number of pyridine rings is 2. The van der Waals surface area contributed by atoms with Crippen LogP contribution >= 0.6 is 0 Å². The van der Waals surface area contributed by atoms with Crippen molar-refractivity contribution in [2.24, 2.45) is 11.7 Å². The van der Waals surface area contributed by atoms with Gasteiger partial charge < -0.3 is 25.8 Å². The zero-order valence-electron chi connectivity index (χ0n) is 20.6. The van der Waals surface area contributed by atoms with Gasteiger partial charge >= 0.3 is 0 Å². The highest BCUT2D eigenvalue weighted by Crippen LogP contribution is 2.35. The number of hydrogen-bond donors (Lipinski definition) is 3. The molecule has 0 bridgehead atoms. The first-order chi connectivity index (χ1) is 17.7. The number of ether oxygens (including phenoxy) is 1. The van der Waals surface area contributed by atoms with E-state index in [-0.39, 0.29) is 37.8 Å². The van der Waals surface area contributed by atoms with Crippen molar-refractivity contribution in [2.45, 2.75) is 38.0 Å². The van der Waals surface area contributed by atoms with Gasteiger partial charge in [0.25, 0.3) is 0 Å². The highest BCUT2D eigenvalue weighted by atomic mass is 19.1. The Bertz CT molecular complexity index is 1250. The van der Waals surface area contributed by atoms with Crippen LogP contribution in [0.2, 0.25) is 0 Å². The van der Waals surface area contributed by atoms with Crippen LogP contribution in [-0.2, 0) is 16.9 Å². The van der Waals surface area contributed by atoms with Gasteiger partial charge in [-0.1, -0.05) is 6.92 Å². The summed E-state index contributed by atoms with van der Waals surface area (Å²) in [4.78, 5) is 10.7. The van der Waals surface area contributed by atoms with E-state index >= 15 is 8.78 Å². The second-order valence-electron chi connectivity index (χ2n) is 10.0. The summed E-state index contributed by atoms with van der Waals surface area (Å²) in [5.41, 5.74) is 5.88. The first kappa shape index (κ1) is 25.4. The number of rotatable bonds is 6. The number of nitrogens with two attached hydrogens (primary N) is 1. The average molecular weight is 514 g/mol. The number of piperidine rings is 1. The second-order valence-corrected chi connectivity index (χ2v) is 10.0. The normalized spacial score (nSPS) is 23.9. The SMILES string of the molecule is CC1CC(N)CN(c2ccncc2NCc2ccc(F)c(-c3c(F)cc(C4(O)CCOC4)cc3F)n2)C1. The molecule has 37 heavy (non-hydrogen) atoms. The Labute approximate surface area is 213 Å². The standard InChI is InChI=1S/C27H30F3N5O2/c1-16-8-18(31)14-35(13-16)24-4-6-32-12-23(24)33-11-19-2-3-20(28)26(34-19)25-21(29)9-17(10-22(25)30)27(36)5-7-37-15-27/h2-4,6,9-10,12,16,18,33,36H,5,7-8,11,13-15,31H2,1H3. The van der Waals surface area contributed by atoms with E-state index in [1.807, 2.05) is 6.07 Å². The third kappa shape index (κ3) is 5.27. The summed E-state index contributed by atoms with van der Waals surface area (Å²) in [5.74, 6) is -2.41. The maximum atomic E-state index is 15.1. The van der Waals surface area contributed by atoms with Crippen molar-refractivity contribution in [3.63, 3.8) is 0 Å². The smallest absolute Gasteiger partial charge is 0.149 e. The molecule has 5 rings (SSSR count). The van der Waals surface area contributed by atoms with Crippen molar-refractivity contribution in [1.29, 1.82) is 0 Å². The van der Waals surface area contributed by atoms with Gasteiger partial charge in [0.05, 0.1) is 42.0 Å². The Morgan fingerprint density at radius 1 is 1.16 bits per heavy atom. The van der Waals surface area contributed by atoms with Crippen LogP contribution < -0.4 is 16.0 Å². The summed E-state index contributed by atoms with van der Waals surface area (Å²) in [5, 5.41) is 13.9. The summed E-state index contributed by atoms with van der Waals surface area (Å²) in [6.45, 7) is 4.16. The number of nitrogens with zero attached hydrogens (tertiary/aromatic N) is 3. The highest BCUT2D eigenvalue weighted by Gasteiger charge is 2.36. The van der Waals surface area contributed by atoms with Crippen LogP contribution in [0.1, 0.15) is 31.0 Å². The first-order valence-corrected chi connectivity index (χ1v) is 12.4. The predicted octanol–water partition coefficient (Wildman–Crippen LogP) is 3.95. The Balaban J connectivity index is 1.39. The van der Waals surface area contributed by atoms with Gasteiger partial charge in [-0.3, -0.25) is 4.98 Å². The molecule has 0 radical (unpaired) electrons. The monoisotopic (exact) mass is 513 g/mol. The fraction of sp³-hybridized carbons (Fsp3) is 0.407. The van der Waals surface area contributed by atoms with Crippen LogP contribution in [-0.4, -0.2) is 47.4 Å². The Hall–Kier alpha value is -3.21. The molecule has 0 amide bonds. The Kier molecular flexibility index (Phi) is 7.06. The van der Waals surface area contributed by atoms with Crippen LogP contribution in [0.25, 0.3) is 11.3 Å². The van der Waals surface area contributed by atoms with Crippen LogP contribution in [0.3, 0.4) is 0 Å². The van der Waals surface area contributed by atoms with E-state index in [0.717, 1.165) is 49.1 Å². The molecule has 2 aliphatic rings. The summed E-state index contributed by atoms with van der Waals surface area (Å²) in [7, 11) is 0. The number of aromatic nitrogens is 2. The lowest BCUT2D eigenvalue weighted by Gasteiger charge is -2.37. The second kappa shape index (κ2) is 10.3. The van der Waals surface area contributed by atoms with Gasteiger partial charge in [-0.25, -0.2) is 18.2 Å². The molecule has 0 aliphatic carbocycles. The molecule has 4 N–H and O–H groups in total. The van der Waals surface area contributed by atoms with Gasteiger partial charge in [-0.15, -0.1) is 0 Å². The lowest BCUT2D eigenvalue weighted by Crippen LogP contribution is -2.46. The Morgan fingerprint density at radius 3 is 2.65 bits per heavy atom. The molecule has 0 saturated carbocycles. The number of anilines is 2. The van der Waals surface area contributed by atoms with Crippen molar-refractivity contribution in [1.82, 2.24) is 9.97 Å². The maximum absolute atomic E-state index is 15.1. The zero-order valence-corrected chi connectivity index (χ0v) is 20.6. The molecular weight excluding hydrogens is 483 g/mol. The van der Waals surface area contributed by atoms with E-state index < -0.39 is 34.3 Å². The van der Waals surface area contributed by atoms with Gasteiger partial charge in [0.15, 0.2) is 0 Å². The molecule has 2 saturated heterocycles. The molecular formula is C27H30F3N5O2. The van der Waals surface area contributed by atoms with Gasteiger partial charge in [-0.05, 0) is 48.2 Å². The van der Waals surface area contributed by atoms with E-state index in [1.165, 1.54) is 6.07 Å². The zero-order chi connectivity index (χ0) is 26.2. The minimum absolute atomic E-state index is 0.0536. The molecule has 1 aromatic carbocycles. The molecule has 2 aliphatic heterocycles. The largest absolute Gasteiger partial charge is 0.383 e. The summed E-state index contributed by atoms with van der Waals surface area (Å²) in [6, 6.07) is 6.62. The van der Waals surface area contributed by atoms with E-state index in [9.17, 15) is 9.50 Å². The summed E-state index contributed by atoms with van der Waals surface area (Å²) >= 11 is 0. The Morgan fingerprint density at radius 2 is 1.95 bits per heavy atom. The summed E-state index contributed by atoms with van der Waals surface area (Å²) in [6.07, 6.45) is 4.59. The topological polar surface area (TPSA) is 96.5 Å². The molecule has 2 aromatic heterocycles. The molecule has 3 unspecified atom stereocenters. The fourth-order valence-corrected chi connectivity index (χ4v) is 5.19. The van der Waals surface area contributed by atoms with Gasteiger partial charge in [0.2, 0.25) is 0 Å². The van der Waals surface area contributed by atoms with Crippen molar-refractivity contribution in [2.75, 3.05) is 36.5 Å². The van der Waals surface area contributed by atoms with Crippen LogP contribution in [0.15, 0.2) is 42.7 Å². The third-order valence-corrected chi connectivity index (χ3v) is 7.01. The predicted molar refractivity (Wildman–Crippen MR) is 134 cm³/mol. The molecule has 7 nitrogen and oxygen atoms in total. The first-order valence-electron chi connectivity index (χ1n) is 12.4. The molecule has 196 valence electrons. The maximum Gasteiger partial charge on any atom is 0.149 e. The quantitative estimate of drug-likeness (QED) is 0.459. The molecule has 3 atom stereocenters. The van der Waals surface area contributed by atoms with Crippen LogP contribution in [0.5, 0.6) is 0 Å². The summed E-state index contributed by atoms with van der Waals surface area (Å²) < 4.78 is 50.0. The van der Waals surface area contributed by atoms with E-state index in [2.05, 4.69) is 27.1 Å². The third-order valence-electron chi connectivity index (χ3n) is 7.01. The molecule has 10 heteroatoms. The van der Waals surface area contributed by atoms with E-state index in [0.29, 0.717) is 11.6 Å². The van der Waals surface area contributed by atoms with Crippen molar-refractivity contribution >= 4 is 11.4 Å². The number of aliphatic hydroxyl groups is 1. The number of nitrogens with one attached hydrogen (secondary N) is 1. The van der Waals surface area contributed by atoms with Gasteiger partial charge in [-0.2, -0.15) is 0 Å². The lowest BCUT2D eigenvalue weighted by atomic mass is 9.91. The lowest BCUT2D eigenvalue weighted by molar-refractivity contribution is 0.0227. The molecule has 0 spiro atoms. The molecule has 2 fully saturated rings. The number of benzene rings is 1.